The van der Waals surface area contributed by atoms with Gasteiger partial charge in [0.05, 0.1) is 18.6 Å². The van der Waals surface area contributed by atoms with Gasteiger partial charge in [-0.15, -0.1) is 0 Å². The van der Waals surface area contributed by atoms with Gasteiger partial charge in [-0.25, -0.2) is 0 Å². The van der Waals surface area contributed by atoms with Gasteiger partial charge in [0.1, 0.15) is 5.75 Å². The fraction of sp³-hybridized carbons (Fsp3) is 0.385. The molecule has 1 saturated heterocycles. The lowest BCUT2D eigenvalue weighted by atomic mass is 10.1. The third-order valence-electron chi connectivity index (χ3n) is 3.20. The number of amides is 1. The Labute approximate surface area is 124 Å². The maximum atomic E-state index is 12.3. The van der Waals surface area contributed by atoms with Crippen LogP contribution in [0.1, 0.15) is 16.8 Å². The third kappa shape index (κ3) is 2.99. The molecule has 6 heteroatoms. The molecule has 0 saturated carbocycles. The predicted octanol–water partition coefficient (Wildman–Crippen LogP) is 1.63. The SMILES string of the molecule is COC(=O)C1CCN(C(=O)c2cc(I)ccc2O)C1. The van der Waals surface area contributed by atoms with Crippen molar-refractivity contribution in [3.63, 3.8) is 0 Å². The number of carbonyl (C=O) groups excluding carboxylic acids is 2. The number of rotatable bonds is 2. The number of nitrogens with zero attached hydrogens (tertiary/aromatic N) is 1. The second-order valence-corrected chi connectivity index (χ2v) is 5.67. The number of aromatic hydroxyl groups is 1. The van der Waals surface area contributed by atoms with Crippen LogP contribution in [0.2, 0.25) is 0 Å². The van der Waals surface area contributed by atoms with Gasteiger partial charge in [-0.3, -0.25) is 9.59 Å². The van der Waals surface area contributed by atoms with Crippen molar-refractivity contribution in [1.29, 1.82) is 0 Å². The fourth-order valence-electron chi connectivity index (χ4n) is 2.15. The van der Waals surface area contributed by atoms with Crippen LogP contribution in [0.15, 0.2) is 18.2 Å². The van der Waals surface area contributed by atoms with Gasteiger partial charge in [-0.05, 0) is 47.2 Å². The highest BCUT2D eigenvalue weighted by molar-refractivity contribution is 14.1. The van der Waals surface area contributed by atoms with Gasteiger partial charge in [-0.1, -0.05) is 0 Å². The fourth-order valence-corrected chi connectivity index (χ4v) is 2.64. The van der Waals surface area contributed by atoms with Crippen molar-refractivity contribution in [2.75, 3.05) is 20.2 Å². The zero-order chi connectivity index (χ0) is 14.0. The molecule has 1 aliphatic heterocycles. The summed E-state index contributed by atoms with van der Waals surface area (Å²) >= 11 is 2.08. The summed E-state index contributed by atoms with van der Waals surface area (Å²) in [5.41, 5.74) is 0.275. The standard InChI is InChI=1S/C13H14INO4/c1-19-13(18)8-4-5-15(7-8)12(17)10-6-9(14)2-3-11(10)16/h2-3,6,8,16H,4-5,7H2,1H3. The number of halogens is 1. The normalized spacial score (nSPS) is 18.4. The monoisotopic (exact) mass is 375 g/mol. The van der Waals surface area contributed by atoms with Crippen molar-refractivity contribution in [3.8, 4) is 5.75 Å². The lowest BCUT2D eigenvalue weighted by Crippen LogP contribution is -2.30. The summed E-state index contributed by atoms with van der Waals surface area (Å²) in [7, 11) is 1.35. The Hall–Kier alpha value is -1.31. The lowest BCUT2D eigenvalue weighted by molar-refractivity contribution is -0.144. The highest BCUT2D eigenvalue weighted by Crippen LogP contribution is 2.25. The van der Waals surface area contributed by atoms with E-state index in [0.29, 0.717) is 19.5 Å². The van der Waals surface area contributed by atoms with E-state index >= 15 is 0 Å². The van der Waals surface area contributed by atoms with Crippen LogP contribution in [-0.4, -0.2) is 42.1 Å². The first-order chi connectivity index (χ1) is 9.02. The van der Waals surface area contributed by atoms with Crippen molar-refractivity contribution in [2.45, 2.75) is 6.42 Å². The number of hydrogen-bond donors (Lipinski definition) is 1. The van der Waals surface area contributed by atoms with E-state index in [-0.39, 0.29) is 29.1 Å². The minimum Gasteiger partial charge on any atom is -0.507 e. The number of likely N-dealkylation sites (tertiary alicyclic amines) is 1. The van der Waals surface area contributed by atoms with Crippen LogP contribution >= 0.6 is 22.6 Å². The van der Waals surface area contributed by atoms with Gasteiger partial charge in [0.25, 0.3) is 5.91 Å². The Bertz CT molecular complexity index is 517. The highest BCUT2D eigenvalue weighted by Gasteiger charge is 2.32. The van der Waals surface area contributed by atoms with Gasteiger partial charge < -0.3 is 14.7 Å². The molecule has 0 spiro atoms. The summed E-state index contributed by atoms with van der Waals surface area (Å²) in [6.07, 6.45) is 0.600. The minimum atomic E-state index is -0.290. The van der Waals surface area contributed by atoms with Gasteiger partial charge in [0.2, 0.25) is 0 Å². The molecular weight excluding hydrogens is 361 g/mol. The van der Waals surface area contributed by atoms with E-state index in [0.717, 1.165) is 3.57 Å². The van der Waals surface area contributed by atoms with E-state index in [1.165, 1.54) is 13.2 Å². The molecule has 1 heterocycles. The number of hydrogen-bond acceptors (Lipinski definition) is 4. The van der Waals surface area contributed by atoms with Crippen LogP contribution < -0.4 is 0 Å². The molecule has 0 aromatic heterocycles. The van der Waals surface area contributed by atoms with Gasteiger partial charge >= 0.3 is 5.97 Å². The minimum absolute atomic E-state index is 0.0352. The van der Waals surface area contributed by atoms with Crippen LogP contribution in [0.3, 0.4) is 0 Å². The number of carbonyl (C=O) groups is 2. The average Bonchev–Trinajstić information content (AvgIpc) is 2.89. The largest absolute Gasteiger partial charge is 0.507 e. The van der Waals surface area contributed by atoms with Crippen molar-refractivity contribution in [1.82, 2.24) is 4.90 Å². The molecule has 1 aromatic carbocycles. The highest BCUT2D eigenvalue weighted by atomic mass is 127. The van der Waals surface area contributed by atoms with E-state index in [9.17, 15) is 14.7 Å². The Morgan fingerprint density at radius 1 is 1.47 bits per heavy atom. The summed E-state index contributed by atoms with van der Waals surface area (Å²) in [5, 5.41) is 9.74. The number of phenolic OH excluding ortho intramolecular Hbond substituents is 1. The number of ether oxygens (including phenoxy) is 1. The molecule has 1 aliphatic rings. The number of benzene rings is 1. The molecule has 19 heavy (non-hydrogen) atoms. The van der Waals surface area contributed by atoms with E-state index in [2.05, 4.69) is 27.3 Å². The second kappa shape index (κ2) is 5.77. The first kappa shape index (κ1) is 14.1. The van der Waals surface area contributed by atoms with Gasteiger partial charge in [0, 0.05) is 16.7 Å². The Kier molecular flexibility index (Phi) is 4.28. The van der Waals surface area contributed by atoms with Crippen molar-refractivity contribution >= 4 is 34.5 Å². The summed E-state index contributed by atoms with van der Waals surface area (Å²) < 4.78 is 5.56. The van der Waals surface area contributed by atoms with Gasteiger partial charge in [-0.2, -0.15) is 0 Å². The predicted molar refractivity (Wildman–Crippen MR) is 76.9 cm³/mol. The molecule has 0 aliphatic carbocycles. The molecule has 1 unspecified atom stereocenters. The average molecular weight is 375 g/mol. The van der Waals surface area contributed by atoms with E-state index < -0.39 is 0 Å². The molecule has 102 valence electrons. The Morgan fingerprint density at radius 3 is 2.89 bits per heavy atom. The van der Waals surface area contributed by atoms with Crippen molar-refractivity contribution in [2.24, 2.45) is 5.92 Å². The van der Waals surface area contributed by atoms with Gasteiger partial charge in [0.15, 0.2) is 0 Å². The molecule has 1 fully saturated rings. The molecule has 5 nitrogen and oxygen atoms in total. The zero-order valence-electron chi connectivity index (χ0n) is 10.4. The number of esters is 1. The van der Waals surface area contributed by atoms with Crippen LogP contribution in [-0.2, 0) is 9.53 Å². The maximum Gasteiger partial charge on any atom is 0.310 e. The van der Waals surface area contributed by atoms with E-state index in [1.807, 2.05) is 0 Å². The molecule has 1 N–H and O–H groups in total. The summed E-state index contributed by atoms with van der Waals surface area (Å²) in [4.78, 5) is 25.3. The molecular formula is C13H14INO4. The zero-order valence-corrected chi connectivity index (χ0v) is 12.6. The first-order valence-corrected chi connectivity index (χ1v) is 6.96. The summed E-state index contributed by atoms with van der Waals surface area (Å²) in [6, 6.07) is 4.88. The van der Waals surface area contributed by atoms with Crippen molar-refractivity contribution < 1.29 is 19.4 Å². The van der Waals surface area contributed by atoms with E-state index in [4.69, 9.17) is 0 Å². The van der Waals surface area contributed by atoms with E-state index in [1.54, 1.807) is 17.0 Å². The Balaban J connectivity index is 2.13. The number of phenols is 1. The number of methoxy groups -OCH3 is 1. The smallest absolute Gasteiger partial charge is 0.310 e. The van der Waals surface area contributed by atoms with Crippen molar-refractivity contribution in [3.05, 3.63) is 27.3 Å². The topological polar surface area (TPSA) is 66.8 Å². The third-order valence-corrected chi connectivity index (χ3v) is 3.87. The van der Waals surface area contributed by atoms with Crippen LogP contribution in [0, 0.1) is 9.49 Å². The molecule has 1 amide bonds. The summed E-state index contributed by atoms with van der Waals surface area (Å²) in [5.74, 6) is -0.838. The molecule has 1 aromatic rings. The van der Waals surface area contributed by atoms with Crippen LogP contribution in [0.25, 0.3) is 0 Å². The molecule has 0 bridgehead atoms. The molecule has 0 radical (unpaired) electrons. The van der Waals surface area contributed by atoms with Crippen LogP contribution in [0.5, 0.6) is 5.75 Å². The molecule has 1 atom stereocenters. The Morgan fingerprint density at radius 2 is 2.21 bits per heavy atom. The second-order valence-electron chi connectivity index (χ2n) is 4.42. The van der Waals surface area contributed by atoms with Crippen LogP contribution in [0.4, 0.5) is 0 Å². The quantitative estimate of drug-likeness (QED) is 0.631. The summed E-state index contributed by atoms with van der Waals surface area (Å²) in [6.45, 7) is 0.847. The first-order valence-electron chi connectivity index (χ1n) is 5.88. The maximum absolute atomic E-state index is 12.3. The molecule has 2 rings (SSSR count). The lowest BCUT2D eigenvalue weighted by Gasteiger charge is -2.17.